The van der Waals surface area contributed by atoms with Crippen molar-refractivity contribution < 1.29 is 23.6 Å². The van der Waals surface area contributed by atoms with Gasteiger partial charge in [0.2, 0.25) is 5.82 Å². The van der Waals surface area contributed by atoms with Gasteiger partial charge in [0.25, 0.3) is 5.89 Å². The maximum Gasteiger partial charge on any atom is 0.304 e. The van der Waals surface area contributed by atoms with E-state index < -0.39 is 11.8 Å². The van der Waals surface area contributed by atoms with E-state index in [4.69, 9.17) is 14.4 Å². The molecule has 4 aromatic rings. The number of carboxylic acid groups (broad SMARTS) is 1. The van der Waals surface area contributed by atoms with Gasteiger partial charge in [-0.25, -0.2) is 4.39 Å². The first kappa shape index (κ1) is 28.0. The number of hydrogen-bond donors (Lipinski definition) is 1. The summed E-state index contributed by atoms with van der Waals surface area (Å²) in [4.78, 5) is 17.0. The number of aliphatic carboxylic acids is 1. The molecule has 3 aromatic carbocycles. The SMILES string of the molecule is COCc1cc(-c2nc(-c3ccc(CN(C)CCC(=O)O)c(F)c3)no2)ccc1-c1ccccc1C.Cl. The molecule has 0 aliphatic carbocycles. The summed E-state index contributed by atoms with van der Waals surface area (Å²) in [6.07, 6.45) is -0.000130. The number of rotatable bonds is 10. The number of ether oxygens (including phenoxy) is 1. The highest BCUT2D eigenvalue weighted by molar-refractivity contribution is 5.85. The Kier molecular flexibility index (Phi) is 9.52. The molecular formula is C28H29ClFN3O4. The number of hydrogen-bond acceptors (Lipinski definition) is 6. The summed E-state index contributed by atoms with van der Waals surface area (Å²) >= 11 is 0. The molecule has 4 rings (SSSR count). The van der Waals surface area contributed by atoms with Gasteiger partial charge in [0.05, 0.1) is 13.0 Å². The van der Waals surface area contributed by atoms with Gasteiger partial charge in [-0.05, 0) is 54.4 Å². The number of aromatic nitrogens is 2. The summed E-state index contributed by atoms with van der Waals surface area (Å²) in [5, 5.41) is 12.9. The zero-order valence-electron chi connectivity index (χ0n) is 20.9. The minimum absolute atomic E-state index is 0. The van der Waals surface area contributed by atoms with Gasteiger partial charge < -0.3 is 19.3 Å². The molecule has 0 aliphatic heterocycles. The molecular weight excluding hydrogens is 497 g/mol. The molecule has 1 heterocycles. The highest BCUT2D eigenvalue weighted by Crippen LogP contribution is 2.32. The lowest BCUT2D eigenvalue weighted by atomic mass is 9.94. The van der Waals surface area contributed by atoms with Crippen molar-refractivity contribution in [3.8, 4) is 34.0 Å². The molecule has 7 nitrogen and oxygen atoms in total. The maximum absolute atomic E-state index is 14.8. The molecule has 0 unspecified atom stereocenters. The standard InChI is InChI=1S/C28H28FN3O4.ClH/c1-18-6-4-5-7-23(18)24-11-10-20(14-22(24)17-35-3)28-30-27(31-36-28)19-8-9-21(25(29)15-19)16-32(2)13-12-26(33)34;/h4-11,14-15H,12-13,16-17H2,1-3H3,(H,33,34);1H. The van der Waals surface area contributed by atoms with Gasteiger partial charge in [-0.3, -0.25) is 4.79 Å². The lowest BCUT2D eigenvalue weighted by Crippen LogP contribution is -2.21. The van der Waals surface area contributed by atoms with Gasteiger partial charge in [0.1, 0.15) is 5.82 Å². The normalized spacial score (nSPS) is 10.9. The predicted octanol–water partition coefficient (Wildman–Crippen LogP) is 5.99. The predicted molar refractivity (Wildman–Crippen MR) is 142 cm³/mol. The Hall–Kier alpha value is -3.59. The van der Waals surface area contributed by atoms with Crippen molar-refractivity contribution in [1.29, 1.82) is 0 Å². The van der Waals surface area contributed by atoms with E-state index in [9.17, 15) is 9.18 Å². The Balaban J connectivity index is 0.00000380. The van der Waals surface area contributed by atoms with Crippen LogP contribution >= 0.6 is 12.4 Å². The number of benzene rings is 3. The molecule has 37 heavy (non-hydrogen) atoms. The van der Waals surface area contributed by atoms with E-state index in [1.807, 2.05) is 30.3 Å². The molecule has 0 saturated heterocycles. The van der Waals surface area contributed by atoms with Crippen molar-refractivity contribution in [2.75, 3.05) is 20.7 Å². The van der Waals surface area contributed by atoms with Crippen LogP contribution in [0.4, 0.5) is 4.39 Å². The number of halogens is 2. The van der Waals surface area contributed by atoms with Gasteiger partial charge in [-0.2, -0.15) is 4.98 Å². The molecule has 1 N–H and O–H groups in total. The van der Waals surface area contributed by atoms with Gasteiger partial charge in [-0.1, -0.05) is 47.6 Å². The van der Waals surface area contributed by atoms with Crippen LogP contribution in [0.15, 0.2) is 65.2 Å². The quantitative estimate of drug-likeness (QED) is 0.272. The third-order valence-electron chi connectivity index (χ3n) is 5.97. The Labute approximate surface area is 221 Å². The van der Waals surface area contributed by atoms with Gasteiger partial charge in [0.15, 0.2) is 0 Å². The molecule has 0 spiro atoms. The van der Waals surface area contributed by atoms with Crippen molar-refractivity contribution in [3.63, 3.8) is 0 Å². The van der Waals surface area contributed by atoms with Crippen LogP contribution in [-0.2, 0) is 22.7 Å². The average molecular weight is 526 g/mol. The van der Waals surface area contributed by atoms with Crippen LogP contribution in [-0.4, -0.2) is 46.8 Å². The second-order valence-corrected chi connectivity index (χ2v) is 8.73. The van der Waals surface area contributed by atoms with Crippen molar-refractivity contribution in [1.82, 2.24) is 15.0 Å². The summed E-state index contributed by atoms with van der Waals surface area (Å²) in [6, 6.07) is 18.8. The third kappa shape index (κ3) is 6.80. The van der Waals surface area contributed by atoms with Crippen LogP contribution in [0.2, 0.25) is 0 Å². The fraction of sp³-hybridized carbons (Fsp3) is 0.250. The van der Waals surface area contributed by atoms with Gasteiger partial charge in [-0.15, -0.1) is 12.4 Å². The average Bonchev–Trinajstić information content (AvgIpc) is 3.35. The first-order valence-corrected chi connectivity index (χ1v) is 11.6. The van der Waals surface area contributed by atoms with E-state index in [-0.39, 0.29) is 24.7 Å². The molecule has 194 valence electrons. The van der Waals surface area contributed by atoms with Crippen molar-refractivity contribution in [2.24, 2.45) is 0 Å². The second-order valence-electron chi connectivity index (χ2n) is 8.73. The van der Waals surface area contributed by atoms with Crippen molar-refractivity contribution in [3.05, 3.63) is 83.2 Å². The smallest absolute Gasteiger partial charge is 0.304 e. The number of methoxy groups -OCH3 is 1. The minimum Gasteiger partial charge on any atom is -0.481 e. The summed E-state index contributed by atoms with van der Waals surface area (Å²) in [6.45, 7) is 3.12. The Morgan fingerprint density at radius 2 is 1.81 bits per heavy atom. The van der Waals surface area contributed by atoms with Crippen LogP contribution < -0.4 is 0 Å². The molecule has 0 amide bonds. The number of carboxylic acids is 1. The van der Waals surface area contributed by atoms with Crippen LogP contribution in [0.1, 0.15) is 23.1 Å². The van der Waals surface area contributed by atoms with Crippen molar-refractivity contribution in [2.45, 2.75) is 26.5 Å². The summed E-state index contributed by atoms with van der Waals surface area (Å²) < 4.78 is 25.7. The first-order valence-electron chi connectivity index (χ1n) is 11.6. The van der Waals surface area contributed by atoms with E-state index in [0.29, 0.717) is 36.7 Å². The summed E-state index contributed by atoms with van der Waals surface area (Å²) in [7, 11) is 3.41. The molecule has 0 bridgehead atoms. The van der Waals surface area contributed by atoms with E-state index >= 15 is 0 Å². The van der Waals surface area contributed by atoms with Crippen LogP contribution in [0.5, 0.6) is 0 Å². The fourth-order valence-corrected chi connectivity index (χ4v) is 4.07. The molecule has 0 radical (unpaired) electrons. The zero-order valence-corrected chi connectivity index (χ0v) is 21.7. The molecule has 1 aromatic heterocycles. The molecule has 0 aliphatic rings. The molecule has 0 saturated carbocycles. The van der Waals surface area contributed by atoms with E-state index in [0.717, 1.165) is 22.3 Å². The number of carbonyl (C=O) groups is 1. The van der Waals surface area contributed by atoms with E-state index in [1.165, 1.54) is 11.6 Å². The van der Waals surface area contributed by atoms with Crippen LogP contribution in [0, 0.1) is 12.7 Å². The number of nitrogens with zero attached hydrogens (tertiary/aromatic N) is 3. The van der Waals surface area contributed by atoms with Gasteiger partial charge >= 0.3 is 5.97 Å². The highest BCUT2D eigenvalue weighted by atomic mass is 35.5. The largest absolute Gasteiger partial charge is 0.481 e. The lowest BCUT2D eigenvalue weighted by Gasteiger charge is -2.16. The monoisotopic (exact) mass is 525 g/mol. The van der Waals surface area contributed by atoms with E-state index in [2.05, 4.69) is 29.2 Å². The molecule has 9 heteroatoms. The summed E-state index contributed by atoms with van der Waals surface area (Å²) in [5.74, 6) is -0.682. The van der Waals surface area contributed by atoms with Crippen LogP contribution in [0.25, 0.3) is 34.0 Å². The molecule has 0 fully saturated rings. The van der Waals surface area contributed by atoms with E-state index in [1.54, 1.807) is 31.2 Å². The molecule has 0 atom stereocenters. The van der Waals surface area contributed by atoms with Gasteiger partial charge in [0, 0.05) is 36.9 Å². The lowest BCUT2D eigenvalue weighted by molar-refractivity contribution is -0.137. The maximum atomic E-state index is 14.8. The highest BCUT2D eigenvalue weighted by Gasteiger charge is 2.16. The fourth-order valence-electron chi connectivity index (χ4n) is 4.07. The number of aryl methyl sites for hydroxylation is 1. The Morgan fingerprint density at radius 1 is 1.05 bits per heavy atom. The first-order chi connectivity index (χ1) is 17.4. The Morgan fingerprint density at radius 3 is 2.51 bits per heavy atom. The Bertz CT molecular complexity index is 1380. The third-order valence-corrected chi connectivity index (χ3v) is 5.97. The zero-order chi connectivity index (χ0) is 25.7. The topological polar surface area (TPSA) is 88.7 Å². The van der Waals surface area contributed by atoms with Crippen molar-refractivity contribution >= 4 is 18.4 Å². The second kappa shape index (κ2) is 12.6. The summed E-state index contributed by atoms with van der Waals surface area (Å²) in [5.41, 5.74) is 6.07. The van der Waals surface area contributed by atoms with Crippen LogP contribution in [0.3, 0.4) is 0 Å². The minimum atomic E-state index is -0.884.